The van der Waals surface area contributed by atoms with Crippen LogP contribution in [0.3, 0.4) is 0 Å². The van der Waals surface area contributed by atoms with E-state index in [-0.39, 0.29) is 0 Å². The number of rotatable bonds is 0. The van der Waals surface area contributed by atoms with Crippen molar-refractivity contribution in [2.24, 2.45) is 5.92 Å². The van der Waals surface area contributed by atoms with Gasteiger partial charge in [0.2, 0.25) is 0 Å². The molecule has 1 N–H and O–H groups in total. The molecule has 14 heavy (non-hydrogen) atoms. The quantitative estimate of drug-likeness (QED) is 0.649. The Kier molecular flexibility index (Phi) is 12.8. The van der Waals surface area contributed by atoms with Crippen LogP contribution in [-0.4, -0.2) is 37.6 Å². The van der Waals surface area contributed by atoms with E-state index in [4.69, 9.17) is 0 Å². The fraction of sp³-hybridized carbons (Fsp3) is 1.00. The number of nitrogens with zero attached hydrogens (tertiary/aromatic N) is 1. The molecule has 0 aromatic carbocycles. The summed E-state index contributed by atoms with van der Waals surface area (Å²) < 4.78 is 0. The molecule has 1 aliphatic rings. The van der Waals surface area contributed by atoms with E-state index < -0.39 is 0 Å². The van der Waals surface area contributed by atoms with Gasteiger partial charge in [-0.15, -0.1) is 0 Å². The summed E-state index contributed by atoms with van der Waals surface area (Å²) in [6, 6.07) is 0.731. The van der Waals surface area contributed by atoms with Crippen molar-refractivity contribution in [3.05, 3.63) is 0 Å². The molecular weight excluding hydrogens is 172 g/mol. The zero-order chi connectivity index (χ0) is 11.6. The van der Waals surface area contributed by atoms with Gasteiger partial charge in [-0.05, 0) is 26.4 Å². The maximum Gasteiger partial charge on any atom is 0.0107 e. The second kappa shape index (κ2) is 11.0. The van der Waals surface area contributed by atoms with Crippen molar-refractivity contribution in [1.82, 2.24) is 10.2 Å². The van der Waals surface area contributed by atoms with Crippen LogP contribution in [0.2, 0.25) is 0 Å². The van der Waals surface area contributed by atoms with Crippen molar-refractivity contribution in [3.8, 4) is 0 Å². The summed E-state index contributed by atoms with van der Waals surface area (Å²) >= 11 is 0. The Labute approximate surface area is 91.1 Å². The lowest BCUT2D eigenvalue weighted by Gasteiger charge is -2.25. The van der Waals surface area contributed by atoms with Crippen LogP contribution in [0.25, 0.3) is 0 Å². The topological polar surface area (TPSA) is 15.3 Å². The fourth-order valence-corrected chi connectivity index (χ4v) is 1.39. The largest absolute Gasteiger partial charge is 0.315 e. The first kappa shape index (κ1) is 16.4. The van der Waals surface area contributed by atoms with Gasteiger partial charge in [-0.25, -0.2) is 0 Å². The molecule has 2 atom stereocenters. The average molecular weight is 202 g/mol. The number of likely N-dealkylation sites (N-methyl/N-ethyl adjacent to an activating group) is 1. The molecular formula is C12H30N2. The van der Waals surface area contributed by atoms with E-state index in [1.807, 2.05) is 27.7 Å². The average Bonchev–Trinajstić information content (AvgIpc) is 2.40. The van der Waals surface area contributed by atoms with E-state index >= 15 is 0 Å². The first-order valence-corrected chi connectivity index (χ1v) is 6.13. The van der Waals surface area contributed by atoms with Gasteiger partial charge in [0, 0.05) is 19.1 Å². The molecule has 0 saturated carbocycles. The maximum absolute atomic E-state index is 3.42. The molecule has 1 unspecified atom stereocenters. The van der Waals surface area contributed by atoms with E-state index in [2.05, 4.69) is 31.1 Å². The lowest BCUT2D eigenvalue weighted by Crippen LogP contribution is -2.34. The highest BCUT2D eigenvalue weighted by atomic mass is 15.2. The van der Waals surface area contributed by atoms with Gasteiger partial charge in [-0.2, -0.15) is 0 Å². The van der Waals surface area contributed by atoms with Crippen LogP contribution in [0.1, 0.15) is 41.5 Å². The monoisotopic (exact) mass is 202 g/mol. The second-order valence-corrected chi connectivity index (χ2v) is 3.40. The molecule has 1 heterocycles. The Hall–Kier alpha value is -0.0800. The molecule has 0 radical (unpaired) electrons. The minimum Gasteiger partial charge on any atom is -0.315 e. The molecule has 88 valence electrons. The summed E-state index contributed by atoms with van der Waals surface area (Å²) in [5.41, 5.74) is 0. The van der Waals surface area contributed by atoms with Crippen molar-refractivity contribution in [3.63, 3.8) is 0 Å². The Balaban J connectivity index is 0. The van der Waals surface area contributed by atoms with Crippen molar-refractivity contribution >= 4 is 0 Å². The predicted molar refractivity (Wildman–Crippen MR) is 66.8 cm³/mol. The third-order valence-electron chi connectivity index (χ3n) is 2.63. The van der Waals surface area contributed by atoms with Crippen molar-refractivity contribution in [1.29, 1.82) is 0 Å². The third-order valence-corrected chi connectivity index (χ3v) is 2.63. The molecule has 1 rings (SSSR count). The lowest BCUT2D eigenvalue weighted by molar-refractivity contribution is 0.227. The minimum absolute atomic E-state index is 0.731. The highest BCUT2D eigenvalue weighted by molar-refractivity contribution is 4.76. The molecule has 0 aliphatic carbocycles. The molecule has 2 nitrogen and oxygen atoms in total. The molecule has 0 spiro atoms. The minimum atomic E-state index is 0.731. The summed E-state index contributed by atoms with van der Waals surface area (Å²) in [6.45, 7) is 16.1. The molecule has 1 saturated heterocycles. The molecule has 1 aliphatic heterocycles. The normalized spacial score (nSPS) is 27.6. The zero-order valence-electron chi connectivity index (χ0n) is 11.2. The maximum atomic E-state index is 3.42. The summed E-state index contributed by atoms with van der Waals surface area (Å²) in [5.74, 6) is 0.785. The summed E-state index contributed by atoms with van der Waals surface area (Å²) in [5, 5.41) is 3.42. The van der Waals surface area contributed by atoms with Crippen molar-refractivity contribution in [2.75, 3.05) is 26.7 Å². The molecule has 0 aromatic rings. The molecule has 0 amide bonds. The van der Waals surface area contributed by atoms with Crippen LogP contribution in [0, 0.1) is 5.92 Å². The van der Waals surface area contributed by atoms with Gasteiger partial charge in [-0.3, -0.25) is 0 Å². The third kappa shape index (κ3) is 6.39. The van der Waals surface area contributed by atoms with Gasteiger partial charge in [0.25, 0.3) is 0 Å². The Morgan fingerprint density at radius 1 is 1.07 bits per heavy atom. The number of nitrogens with one attached hydrogen (secondary N) is 1. The van der Waals surface area contributed by atoms with Gasteiger partial charge in [0.1, 0.15) is 0 Å². The SMILES string of the molecule is CC.CC.CC1[C@@H](C)CNCCN1C. The van der Waals surface area contributed by atoms with Crippen molar-refractivity contribution < 1.29 is 0 Å². The highest BCUT2D eigenvalue weighted by Crippen LogP contribution is 2.09. The Bertz CT molecular complexity index is 92.5. The Morgan fingerprint density at radius 2 is 1.57 bits per heavy atom. The molecule has 1 fully saturated rings. The van der Waals surface area contributed by atoms with Crippen LogP contribution >= 0.6 is 0 Å². The van der Waals surface area contributed by atoms with Gasteiger partial charge >= 0.3 is 0 Å². The van der Waals surface area contributed by atoms with Crippen molar-refractivity contribution in [2.45, 2.75) is 47.6 Å². The van der Waals surface area contributed by atoms with Crippen LogP contribution in [0.4, 0.5) is 0 Å². The van der Waals surface area contributed by atoms with E-state index in [0.717, 1.165) is 18.5 Å². The van der Waals surface area contributed by atoms with Gasteiger partial charge < -0.3 is 10.2 Å². The van der Waals surface area contributed by atoms with Crippen LogP contribution in [-0.2, 0) is 0 Å². The van der Waals surface area contributed by atoms with Gasteiger partial charge in [0.05, 0.1) is 0 Å². The summed E-state index contributed by atoms with van der Waals surface area (Å²) in [6.07, 6.45) is 0. The van der Waals surface area contributed by atoms with E-state index in [9.17, 15) is 0 Å². The summed E-state index contributed by atoms with van der Waals surface area (Å²) in [7, 11) is 2.20. The lowest BCUT2D eigenvalue weighted by atomic mass is 10.0. The van der Waals surface area contributed by atoms with Gasteiger partial charge in [0.15, 0.2) is 0 Å². The number of hydrogen-bond donors (Lipinski definition) is 1. The van der Waals surface area contributed by atoms with E-state index in [0.29, 0.717) is 0 Å². The Morgan fingerprint density at radius 3 is 2.07 bits per heavy atom. The second-order valence-electron chi connectivity index (χ2n) is 3.40. The smallest absolute Gasteiger partial charge is 0.0107 e. The first-order chi connectivity index (χ1) is 6.72. The zero-order valence-corrected chi connectivity index (χ0v) is 11.2. The molecule has 0 bridgehead atoms. The fourth-order valence-electron chi connectivity index (χ4n) is 1.39. The van der Waals surface area contributed by atoms with Crippen LogP contribution < -0.4 is 5.32 Å². The number of hydrogen-bond acceptors (Lipinski definition) is 2. The molecule has 0 aromatic heterocycles. The predicted octanol–water partition coefficient (Wildman–Crippen LogP) is 2.60. The van der Waals surface area contributed by atoms with E-state index in [1.54, 1.807) is 0 Å². The summed E-state index contributed by atoms with van der Waals surface area (Å²) in [4.78, 5) is 2.42. The van der Waals surface area contributed by atoms with Gasteiger partial charge in [-0.1, -0.05) is 34.6 Å². The first-order valence-electron chi connectivity index (χ1n) is 6.13. The highest BCUT2D eigenvalue weighted by Gasteiger charge is 2.18. The molecule has 2 heteroatoms. The standard InChI is InChI=1S/C8H18N2.2C2H6/c1-7-6-9-4-5-10(3)8(7)2;2*1-2/h7-9H,4-6H2,1-3H3;2*1-2H3/t7-,8?;;/m0../s1. The van der Waals surface area contributed by atoms with Crippen LogP contribution in [0.5, 0.6) is 0 Å². The van der Waals surface area contributed by atoms with E-state index in [1.165, 1.54) is 13.1 Å². The van der Waals surface area contributed by atoms with Crippen LogP contribution in [0.15, 0.2) is 0 Å².